The Balaban J connectivity index is 1.60. The Kier molecular flexibility index (Phi) is 6.31. The monoisotopic (exact) mass is 399 g/mol. The van der Waals surface area contributed by atoms with Crippen LogP contribution in [0.4, 0.5) is 11.4 Å². The fourth-order valence-corrected chi connectivity index (χ4v) is 3.36. The Hall–Kier alpha value is -2.86. The Labute approximate surface area is 168 Å². The van der Waals surface area contributed by atoms with Gasteiger partial charge in [0.15, 0.2) is 0 Å². The quantitative estimate of drug-likeness (QED) is 0.820. The minimum atomic E-state index is -0.264. The van der Waals surface area contributed by atoms with Gasteiger partial charge < -0.3 is 15.5 Å². The van der Waals surface area contributed by atoms with Gasteiger partial charge in [0.25, 0.3) is 5.91 Å². The number of hydrogen-bond donors (Lipinski definition) is 2. The molecule has 6 nitrogen and oxygen atoms in total. The molecular weight excluding hydrogens is 378 g/mol. The van der Waals surface area contributed by atoms with E-state index in [4.69, 9.17) is 11.6 Å². The van der Waals surface area contributed by atoms with Crippen LogP contribution in [0.3, 0.4) is 0 Å². The number of carbonyl (C=O) groups excluding carboxylic acids is 3. The Bertz CT molecular complexity index is 865. The molecule has 1 fully saturated rings. The first-order valence-electron chi connectivity index (χ1n) is 9.16. The maximum absolute atomic E-state index is 12.7. The zero-order valence-electron chi connectivity index (χ0n) is 15.6. The highest BCUT2D eigenvalue weighted by Gasteiger charge is 2.29. The number of nitrogens with zero attached hydrogens (tertiary/aromatic N) is 1. The van der Waals surface area contributed by atoms with E-state index < -0.39 is 0 Å². The molecule has 1 saturated heterocycles. The summed E-state index contributed by atoms with van der Waals surface area (Å²) in [5, 5.41) is 6.15. The number of amides is 3. The molecule has 2 N–H and O–H groups in total. The molecule has 0 spiro atoms. The highest BCUT2D eigenvalue weighted by Crippen LogP contribution is 2.22. The second-order valence-corrected chi connectivity index (χ2v) is 7.28. The van der Waals surface area contributed by atoms with Gasteiger partial charge in [0.05, 0.1) is 5.92 Å². The fourth-order valence-electron chi connectivity index (χ4n) is 3.24. The fraction of sp³-hybridized carbons (Fsp3) is 0.286. The largest absolute Gasteiger partial charge is 0.338 e. The second kappa shape index (κ2) is 8.89. The average Bonchev–Trinajstić information content (AvgIpc) is 2.69. The number of halogens is 1. The van der Waals surface area contributed by atoms with Gasteiger partial charge in [0.2, 0.25) is 11.8 Å². The summed E-state index contributed by atoms with van der Waals surface area (Å²) in [4.78, 5) is 38.1. The third kappa shape index (κ3) is 5.10. The van der Waals surface area contributed by atoms with Gasteiger partial charge in [0.1, 0.15) is 0 Å². The Morgan fingerprint density at radius 2 is 1.57 bits per heavy atom. The van der Waals surface area contributed by atoms with E-state index in [2.05, 4.69) is 10.6 Å². The van der Waals surface area contributed by atoms with Gasteiger partial charge in [-0.1, -0.05) is 11.6 Å². The lowest BCUT2D eigenvalue weighted by Crippen LogP contribution is -2.43. The topological polar surface area (TPSA) is 78.5 Å². The van der Waals surface area contributed by atoms with Crippen LogP contribution in [-0.2, 0) is 9.59 Å². The number of hydrogen-bond acceptors (Lipinski definition) is 3. The summed E-state index contributed by atoms with van der Waals surface area (Å²) in [6, 6.07) is 13.7. The summed E-state index contributed by atoms with van der Waals surface area (Å²) in [6.45, 7) is 2.46. The van der Waals surface area contributed by atoms with Crippen molar-refractivity contribution in [2.75, 3.05) is 23.7 Å². The van der Waals surface area contributed by atoms with Gasteiger partial charge in [-0.2, -0.15) is 0 Å². The molecule has 1 aliphatic rings. The molecule has 1 heterocycles. The number of anilines is 2. The van der Waals surface area contributed by atoms with E-state index in [1.807, 2.05) is 0 Å². The van der Waals surface area contributed by atoms with Crippen molar-refractivity contribution in [2.45, 2.75) is 19.8 Å². The third-order valence-corrected chi connectivity index (χ3v) is 4.90. The van der Waals surface area contributed by atoms with E-state index in [9.17, 15) is 14.4 Å². The maximum Gasteiger partial charge on any atom is 0.253 e. The van der Waals surface area contributed by atoms with Crippen molar-refractivity contribution >= 4 is 40.7 Å². The van der Waals surface area contributed by atoms with E-state index in [1.165, 1.54) is 6.92 Å². The zero-order chi connectivity index (χ0) is 20.1. The standard InChI is InChI=1S/C21H22ClN3O3/c1-14(26)23-18-8-10-19(11-9-18)24-20(27)16-3-2-12-25(13-16)21(28)15-4-6-17(22)7-5-15/h4-11,16H,2-3,12-13H2,1H3,(H,23,26)(H,24,27)/t16-/m0/s1. The Morgan fingerprint density at radius 3 is 2.18 bits per heavy atom. The first kappa shape index (κ1) is 19.9. The van der Waals surface area contributed by atoms with Crippen LogP contribution in [0.15, 0.2) is 48.5 Å². The SMILES string of the molecule is CC(=O)Nc1ccc(NC(=O)[C@H]2CCCN(C(=O)c3ccc(Cl)cc3)C2)cc1. The molecule has 0 radical (unpaired) electrons. The predicted octanol–water partition coefficient (Wildman–Crippen LogP) is 3.79. The number of piperidine rings is 1. The van der Waals surface area contributed by atoms with E-state index >= 15 is 0 Å². The Morgan fingerprint density at radius 1 is 0.964 bits per heavy atom. The van der Waals surface area contributed by atoms with Gasteiger partial charge in [-0.3, -0.25) is 14.4 Å². The first-order chi connectivity index (χ1) is 13.4. The maximum atomic E-state index is 12.7. The molecule has 1 atom stereocenters. The summed E-state index contributed by atoms with van der Waals surface area (Å²) in [7, 11) is 0. The molecule has 0 aliphatic carbocycles. The molecule has 146 valence electrons. The molecule has 0 aromatic heterocycles. The molecule has 0 saturated carbocycles. The van der Waals surface area contributed by atoms with Crippen molar-refractivity contribution < 1.29 is 14.4 Å². The van der Waals surface area contributed by atoms with E-state index in [-0.39, 0.29) is 23.6 Å². The number of likely N-dealkylation sites (tertiary alicyclic amines) is 1. The molecule has 0 bridgehead atoms. The lowest BCUT2D eigenvalue weighted by Gasteiger charge is -2.32. The highest BCUT2D eigenvalue weighted by molar-refractivity contribution is 6.30. The molecule has 3 rings (SSSR count). The van der Waals surface area contributed by atoms with Crippen molar-refractivity contribution in [3.05, 3.63) is 59.1 Å². The van der Waals surface area contributed by atoms with Gasteiger partial charge in [-0.25, -0.2) is 0 Å². The van der Waals surface area contributed by atoms with Crippen LogP contribution in [0.25, 0.3) is 0 Å². The molecule has 0 unspecified atom stereocenters. The lowest BCUT2D eigenvalue weighted by atomic mass is 9.96. The molecule has 2 aromatic rings. The van der Waals surface area contributed by atoms with Crippen molar-refractivity contribution in [1.82, 2.24) is 4.90 Å². The lowest BCUT2D eigenvalue weighted by molar-refractivity contribution is -0.121. The molecular formula is C21H22ClN3O3. The van der Waals surface area contributed by atoms with Crippen molar-refractivity contribution in [3.8, 4) is 0 Å². The van der Waals surface area contributed by atoms with Crippen LogP contribution in [0.2, 0.25) is 5.02 Å². The van der Waals surface area contributed by atoms with Gasteiger partial charge >= 0.3 is 0 Å². The smallest absolute Gasteiger partial charge is 0.253 e. The van der Waals surface area contributed by atoms with Crippen molar-refractivity contribution in [3.63, 3.8) is 0 Å². The van der Waals surface area contributed by atoms with E-state index in [0.717, 1.165) is 12.8 Å². The van der Waals surface area contributed by atoms with E-state index in [1.54, 1.807) is 53.4 Å². The van der Waals surface area contributed by atoms with Crippen molar-refractivity contribution in [1.29, 1.82) is 0 Å². The summed E-state index contributed by atoms with van der Waals surface area (Å²) in [5.74, 6) is -0.612. The second-order valence-electron chi connectivity index (χ2n) is 6.85. The number of carbonyl (C=O) groups is 3. The van der Waals surface area contributed by atoms with Gasteiger partial charge in [0, 0.05) is 42.0 Å². The van der Waals surface area contributed by atoms with Crippen molar-refractivity contribution in [2.24, 2.45) is 5.92 Å². The van der Waals surface area contributed by atoms with Crippen LogP contribution >= 0.6 is 11.6 Å². The summed E-state index contributed by atoms with van der Waals surface area (Å²) in [5.41, 5.74) is 1.89. The van der Waals surface area contributed by atoms with Crippen LogP contribution in [-0.4, -0.2) is 35.7 Å². The number of rotatable bonds is 4. The summed E-state index contributed by atoms with van der Waals surface area (Å²) < 4.78 is 0. The molecule has 2 aromatic carbocycles. The van der Waals surface area contributed by atoms with Crippen LogP contribution in [0.5, 0.6) is 0 Å². The number of benzene rings is 2. The normalized spacial score (nSPS) is 16.4. The van der Waals surface area contributed by atoms with E-state index in [0.29, 0.717) is 35.1 Å². The van der Waals surface area contributed by atoms with Gasteiger partial charge in [-0.15, -0.1) is 0 Å². The molecule has 7 heteroatoms. The van der Waals surface area contributed by atoms with Gasteiger partial charge in [-0.05, 0) is 61.4 Å². The molecule has 3 amide bonds. The number of nitrogens with one attached hydrogen (secondary N) is 2. The highest BCUT2D eigenvalue weighted by atomic mass is 35.5. The first-order valence-corrected chi connectivity index (χ1v) is 9.53. The summed E-state index contributed by atoms with van der Waals surface area (Å²) in [6.07, 6.45) is 1.51. The molecule has 1 aliphatic heterocycles. The summed E-state index contributed by atoms with van der Waals surface area (Å²) >= 11 is 5.88. The predicted molar refractivity (Wildman–Crippen MR) is 109 cm³/mol. The zero-order valence-corrected chi connectivity index (χ0v) is 16.3. The van der Waals surface area contributed by atoms with Crippen LogP contribution in [0, 0.1) is 5.92 Å². The minimum Gasteiger partial charge on any atom is -0.338 e. The molecule has 28 heavy (non-hydrogen) atoms. The van der Waals surface area contributed by atoms with Crippen LogP contribution < -0.4 is 10.6 Å². The minimum absolute atomic E-state index is 0.0890. The average molecular weight is 400 g/mol. The van der Waals surface area contributed by atoms with Crippen LogP contribution in [0.1, 0.15) is 30.1 Å². The third-order valence-electron chi connectivity index (χ3n) is 4.64.